The number of rotatable bonds is 39. The van der Waals surface area contributed by atoms with Gasteiger partial charge in [-0.05, 0) is 63.7 Å². The summed E-state index contributed by atoms with van der Waals surface area (Å²) in [6.45, 7) is 4.34. The predicted molar refractivity (Wildman–Crippen MR) is 225 cm³/mol. The van der Waals surface area contributed by atoms with Gasteiger partial charge in [0.15, 0.2) is 6.10 Å². The van der Waals surface area contributed by atoms with Crippen LogP contribution in [0.1, 0.15) is 168 Å². The van der Waals surface area contributed by atoms with Gasteiger partial charge in [-0.15, -0.1) is 0 Å². The van der Waals surface area contributed by atoms with E-state index in [4.69, 9.17) is 19.1 Å². The largest absolute Gasteiger partial charge is 0.472 e. The first-order chi connectivity index (χ1) is 27.0. The maximum atomic E-state index is 12.6. The molecule has 0 bridgehead atoms. The molecule has 0 heterocycles. The Labute approximate surface area is 339 Å². The van der Waals surface area contributed by atoms with Crippen LogP contribution in [0.5, 0.6) is 0 Å². The number of hydrogen-bond acceptors (Lipinski definition) is 10. The lowest BCUT2D eigenvalue weighted by atomic mass is 10.0. The highest BCUT2D eigenvalue weighted by Gasteiger charge is 2.27. The van der Waals surface area contributed by atoms with Gasteiger partial charge >= 0.3 is 19.8 Å². The molecule has 0 aromatic heterocycles. The number of esters is 2. The Morgan fingerprint density at radius 3 is 1.61 bits per heavy atom. The summed E-state index contributed by atoms with van der Waals surface area (Å²) in [4.78, 5) is 34.9. The lowest BCUT2D eigenvalue weighted by molar-refractivity contribution is -0.161. The Morgan fingerprint density at radius 2 is 1.07 bits per heavy atom. The smallest absolute Gasteiger partial charge is 0.462 e. The monoisotopic (exact) mass is 815 g/mol. The van der Waals surface area contributed by atoms with Crippen molar-refractivity contribution in [3.8, 4) is 0 Å². The van der Waals surface area contributed by atoms with Gasteiger partial charge in [0.1, 0.15) is 12.7 Å². The summed E-state index contributed by atoms with van der Waals surface area (Å²) in [6, 6.07) is 0. The quantitative estimate of drug-likeness (QED) is 0.0202. The normalized spacial score (nSPS) is 15.0. The maximum absolute atomic E-state index is 12.6. The van der Waals surface area contributed by atoms with Crippen molar-refractivity contribution >= 4 is 19.8 Å². The molecule has 56 heavy (non-hydrogen) atoms. The number of aliphatic hydroxyl groups excluding tert-OH is 3. The molecule has 4 N–H and O–H groups in total. The van der Waals surface area contributed by atoms with Crippen LogP contribution >= 0.6 is 7.82 Å². The lowest BCUT2D eigenvalue weighted by Crippen LogP contribution is -2.29. The first-order valence-corrected chi connectivity index (χ1v) is 23.0. The molecule has 0 aromatic rings. The maximum Gasteiger partial charge on any atom is 0.472 e. The molecule has 0 amide bonds. The molecule has 0 aromatic carbocycles. The van der Waals surface area contributed by atoms with E-state index in [0.29, 0.717) is 19.3 Å². The van der Waals surface area contributed by atoms with E-state index in [-0.39, 0.29) is 25.6 Å². The fourth-order valence-corrected chi connectivity index (χ4v) is 6.35. The van der Waals surface area contributed by atoms with Crippen LogP contribution in [0, 0.1) is 5.92 Å². The molecule has 0 radical (unpaired) electrons. The third-order valence-corrected chi connectivity index (χ3v) is 10.0. The first kappa shape index (κ1) is 53.9. The van der Waals surface area contributed by atoms with Crippen LogP contribution in [0.25, 0.3) is 0 Å². The van der Waals surface area contributed by atoms with E-state index >= 15 is 0 Å². The molecule has 1 unspecified atom stereocenters. The van der Waals surface area contributed by atoms with Crippen molar-refractivity contribution in [2.24, 2.45) is 5.92 Å². The van der Waals surface area contributed by atoms with Gasteiger partial charge in [-0.2, -0.15) is 0 Å². The van der Waals surface area contributed by atoms with Gasteiger partial charge < -0.3 is 29.7 Å². The van der Waals surface area contributed by atoms with Crippen LogP contribution in [-0.2, 0) is 32.7 Å². The molecule has 0 aliphatic rings. The van der Waals surface area contributed by atoms with E-state index in [9.17, 15) is 29.3 Å². The van der Waals surface area contributed by atoms with Gasteiger partial charge in [-0.25, -0.2) is 4.57 Å². The molecule has 0 fully saturated rings. The summed E-state index contributed by atoms with van der Waals surface area (Å²) < 4.78 is 32.6. The van der Waals surface area contributed by atoms with Gasteiger partial charge in [-0.3, -0.25) is 18.6 Å². The SMILES string of the molecule is CC[C@H](O)CC/C=C\C/C=C\C/C=C\C/C=C\CCCC(=O)OC[C@H](COP(=O)(O)OC[C@@H](O)CO)OC(=O)CCCCCCCCCCCCCCC(C)C. The molecule has 12 heteroatoms. The van der Waals surface area contributed by atoms with E-state index in [0.717, 1.165) is 63.7 Å². The molecular weight excluding hydrogens is 735 g/mol. The van der Waals surface area contributed by atoms with Crippen LogP contribution in [0.15, 0.2) is 48.6 Å². The summed E-state index contributed by atoms with van der Waals surface area (Å²) in [5.74, 6) is -0.209. The molecule has 0 aliphatic carbocycles. The third kappa shape index (κ3) is 38.7. The fourth-order valence-electron chi connectivity index (χ4n) is 5.56. The molecule has 11 nitrogen and oxygen atoms in total. The van der Waals surface area contributed by atoms with E-state index in [1.807, 2.05) is 19.1 Å². The zero-order valence-electron chi connectivity index (χ0n) is 35.1. The molecule has 0 saturated heterocycles. The average molecular weight is 815 g/mol. The minimum absolute atomic E-state index is 0.152. The van der Waals surface area contributed by atoms with Gasteiger partial charge in [0.2, 0.25) is 0 Å². The van der Waals surface area contributed by atoms with Crippen molar-refractivity contribution in [1.82, 2.24) is 0 Å². The number of aliphatic hydroxyl groups is 3. The van der Waals surface area contributed by atoms with Gasteiger partial charge in [0, 0.05) is 12.8 Å². The van der Waals surface area contributed by atoms with Gasteiger partial charge in [0.05, 0.1) is 25.9 Å². The van der Waals surface area contributed by atoms with Crippen LogP contribution in [0.4, 0.5) is 0 Å². The minimum Gasteiger partial charge on any atom is -0.462 e. The average Bonchev–Trinajstić information content (AvgIpc) is 3.17. The first-order valence-electron chi connectivity index (χ1n) is 21.5. The Morgan fingerprint density at radius 1 is 0.589 bits per heavy atom. The van der Waals surface area contributed by atoms with Crippen LogP contribution in [-0.4, -0.2) is 76.9 Å². The minimum atomic E-state index is -4.64. The molecule has 4 atom stereocenters. The van der Waals surface area contributed by atoms with Crippen LogP contribution in [0.3, 0.4) is 0 Å². The van der Waals surface area contributed by atoms with Gasteiger partial charge in [-0.1, -0.05) is 146 Å². The summed E-state index contributed by atoms with van der Waals surface area (Å²) >= 11 is 0. The van der Waals surface area contributed by atoms with Crippen LogP contribution < -0.4 is 0 Å². The van der Waals surface area contributed by atoms with Crippen molar-refractivity contribution < 1.29 is 52.9 Å². The molecular formula is C44H79O11P. The van der Waals surface area contributed by atoms with E-state index in [2.05, 4.69) is 54.8 Å². The molecule has 0 rings (SSSR count). The van der Waals surface area contributed by atoms with Crippen molar-refractivity contribution in [3.05, 3.63) is 48.6 Å². The fraction of sp³-hybridized carbons (Fsp3) is 0.773. The Balaban J connectivity index is 4.40. The molecule has 0 aliphatic heterocycles. The summed E-state index contributed by atoms with van der Waals surface area (Å²) in [7, 11) is -4.64. The Kier molecular flexibility index (Phi) is 37.0. The van der Waals surface area contributed by atoms with Crippen molar-refractivity contribution in [1.29, 1.82) is 0 Å². The topological polar surface area (TPSA) is 169 Å². The summed E-state index contributed by atoms with van der Waals surface area (Å²) in [5, 5.41) is 27.9. The molecule has 0 spiro atoms. The lowest BCUT2D eigenvalue weighted by Gasteiger charge is -2.20. The zero-order valence-corrected chi connectivity index (χ0v) is 36.0. The van der Waals surface area contributed by atoms with E-state index < -0.39 is 51.8 Å². The van der Waals surface area contributed by atoms with Gasteiger partial charge in [0.25, 0.3) is 0 Å². The summed E-state index contributed by atoms with van der Waals surface area (Å²) in [6.07, 6.45) is 36.0. The van der Waals surface area contributed by atoms with E-state index in [1.54, 1.807) is 0 Å². The molecule has 326 valence electrons. The number of phosphoric acid groups is 1. The van der Waals surface area contributed by atoms with E-state index in [1.165, 1.54) is 57.8 Å². The van der Waals surface area contributed by atoms with Crippen molar-refractivity contribution in [2.75, 3.05) is 26.4 Å². The second-order valence-corrected chi connectivity index (χ2v) is 16.4. The highest BCUT2D eigenvalue weighted by molar-refractivity contribution is 7.47. The zero-order chi connectivity index (χ0) is 41.5. The highest BCUT2D eigenvalue weighted by atomic mass is 31.2. The number of allylic oxidation sites excluding steroid dienone is 8. The number of carbonyl (C=O) groups excluding carboxylic acids is 2. The Bertz CT molecular complexity index is 1100. The standard InChI is InChI=1S/C44H79O11P/c1-4-40(46)32-28-24-20-16-12-7-5-6-8-13-17-21-25-29-33-43(48)52-37-42(38-54-56(50,51)53-36-41(47)35-45)55-44(49)34-30-26-22-18-14-10-9-11-15-19-23-27-31-39(2)3/h6-8,12,17,20-21,24,39-42,45-47H,4-5,9-11,13-16,18-19,22-23,25-38H2,1-3H3,(H,50,51)/b8-6-,12-7-,21-17-,24-20-/t40-,41-,42+/m0/s1. The van der Waals surface area contributed by atoms with Crippen molar-refractivity contribution in [2.45, 2.75) is 187 Å². The Hall–Kier alpha value is -2.11. The second kappa shape index (κ2) is 38.4. The summed E-state index contributed by atoms with van der Waals surface area (Å²) in [5.41, 5.74) is 0. The number of ether oxygens (including phenoxy) is 2. The number of unbranched alkanes of at least 4 members (excludes halogenated alkanes) is 12. The van der Waals surface area contributed by atoms with Crippen molar-refractivity contribution in [3.63, 3.8) is 0 Å². The van der Waals surface area contributed by atoms with Crippen LogP contribution in [0.2, 0.25) is 0 Å². The third-order valence-electron chi connectivity index (χ3n) is 9.08. The number of hydrogen-bond donors (Lipinski definition) is 4. The second-order valence-electron chi connectivity index (χ2n) is 15.0. The number of phosphoric ester groups is 1. The highest BCUT2D eigenvalue weighted by Crippen LogP contribution is 2.43. The predicted octanol–water partition coefficient (Wildman–Crippen LogP) is 10.2. The molecule has 0 saturated carbocycles. The number of carbonyl (C=O) groups is 2.